The van der Waals surface area contributed by atoms with E-state index in [0.29, 0.717) is 11.1 Å². The molecule has 0 saturated carbocycles. The van der Waals surface area contributed by atoms with Crippen LogP contribution in [-0.2, 0) is 7.05 Å². The first-order chi connectivity index (χ1) is 7.52. The average Bonchev–Trinajstić information content (AvgIpc) is 2.57. The van der Waals surface area contributed by atoms with Crippen molar-refractivity contribution in [2.45, 2.75) is 13.0 Å². The molecule has 84 valence electrons. The Morgan fingerprint density at radius 1 is 1.50 bits per heavy atom. The molecular weight excluding hydrogens is 204 g/mol. The van der Waals surface area contributed by atoms with Crippen LogP contribution in [0.2, 0.25) is 0 Å². The number of phenols is 1. The monoisotopic (exact) mass is 218 g/mol. The number of hydrogen-bond acceptors (Lipinski definition) is 3. The van der Waals surface area contributed by atoms with Crippen LogP contribution in [0.4, 0.5) is 0 Å². The Balaban J connectivity index is 2.69. The van der Waals surface area contributed by atoms with Crippen molar-refractivity contribution >= 4 is 16.7 Å². The van der Waals surface area contributed by atoms with E-state index in [9.17, 15) is 9.90 Å². The molecule has 1 atom stereocenters. The molecule has 0 aliphatic rings. The van der Waals surface area contributed by atoms with E-state index in [-0.39, 0.29) is 11.5 Å². The lowest BCUT2D eigenvalue weighted by molar-refractivity contribution is 0.0960. The number of rotatable bonds is 2. The van der Waals surface area contributed by atoms with E-state index in [1.54, 1.807) is 36.7 Å². The summed E-state index contributed by atoms with van der Waals surface area (Å²) in [7, 11) is 1.79. The zero-order valence-corrected chi connectivity index (χ0v) is 9.27. The lowest BCUT2D eigenvalue weighted by atomic mass is 10.1. The molecule has 0 aliphatic carbocycles. The maximum absolute atomic E-state index is 11.8. The number of aromatic nitrogens is 1. The SMILES string of the molecule is CC(N)C(=O)c1cc2c(O)cccc2n1C. The molecule has 0 amide bonds. The van der Waals surface area contributed by atoms with Crippen LogP contribution in [0.3, 0.4) is 0 Å². The van der Waals surface area contributed by atoms with Crippen LogP contribution < -0.4 is 5.73 Å². The number of hydrogen-bond donors (Lipinski definition) is 2. The summed E-state index contributed by atoms with van der Waals surface area (Å²) < 4.78 is 1.75. The quantitative estimate of drug-likeness (QED) is 0.749. The van der Waals surface area contributed by atoms with E-state index in [1.165, 1.54) is 0 Å². The lowest BCUT2D eigenvalue weighted by Gasteiger charge is -2.05. The summed E-state index contributed by atoms with van der Waals surface area (Å²) in [6.45, 7) is 1.65. The predicted octanol–water partition coefficient (Wildman–Crippen LogP) is 1.41. The van der Waals surface area contributed by atoms with Crippen LogP contribution in [0.1, 0.15) is 17.4 Å². The predicted molar refractivity (Wildman–Crippen MR) is 62.6 cm³/mol. The summed E-state index contributed by atoms with van der Waals surface area (Å²) in [4.78, 5) is 11.8. The molecule has 0 aliphatic heterocycles. The highest BCUT2D eigenvalue weighted by atomic mass is 16.3. The fourth-order valence-electron chi connectivity index (χ4n) is 1.81. The summed E-state index contributed by atoms with van der Waals surface area (Å²) in [5.74, 6) is 0.0509. The van der Waals surface area contributed by atoms with Crippen LogP contribution in [0.25, 0.3) is 10.9 Å². The van der Waals surface area contributed by atoms with Crippen LogP contribution in [0.5, 0.6) is 5.75 Å². The number of benzene rings is 1. The van der Waals surface area contributed by atoms with Gasteiger partial charge in [0.25, 0.3) is 0 Å². The molecule has 0 bridgehead atoms. The number of aromatic hydroxyl groups is 1. The zero-order chi connectivity index (χ0) is 11.9. The van der Waals surface area contributed by atoms with Gasteiger partial charge in [-0.3, -0.25) is 4.79 Å². The van der Waals surface area contributed by atoms with E-state index in [1.807, 2.05) is 6.07 Å². The Labute approximate surface area is 93.3 Å². The summed E-state index contributed by atoms with van der Waals surface area (Å²) >= 11 is 0. The van der Waals surface area contributed by atoms with Crippen molar-refractivity contribution in [3.63, 3.8) is 0 Å². The number of ketones is 1. The largest absolute Gasteiger partial charge is 0.507 e. The van der Waals surface area contributed by atoms with Crippen LogP contribution >= 0.6 is 0 Å². The smallest absolute Gasteiger partial charge is 0.195 e. The molecule has 1 heterocycles. The number of carbonyl (C=O) groups is 1. The third-order valence-corrected chi connectivity index (χ3v) is 2.73. The Morgan fingerprint density at radius 3 is 2.75 bits per heavy atom. The first-order valence-corrected chi connectivity index (χ1v) is 5.09. The van der Waals surface area contributed by atoms with Crippen LogP contribution in [-0.4, -0.2) is 21.5 Å². The number of aryl methyl sites for hydroxylation is 1. The molecule has 1 aromatic carbocycles. The zero-order valence-electron chi connectivity index (χ0n) is 9.27. The minimum absolute atomic E-state index is 0.127. The minimum Gasteiger partial charge on any atom is -0.507 e. The summed E-state index contributed by atoms with van der Waals surface area (Å²) in [5, 5.41) is 10.3. The molecule has 16 heavy (non-hydrogen) atoms. The molecular formula is C12H14N2O2. The van der Waals surface area contributed by atoms with Gasteiger partial charge in [-0.25, -0.2) is 0 Å². The topological polar surface area (TPSA) is 68.2 Å². The standard InChI is InChI=1S/C12H14N2O2/c1-7(13)12(16)10-6-8-9(14(10)2)4-3-5-11(8)15/h3-7,15H,13H2,1-2H3. The minimum atomic E-state index is -0.537. The lowest BCUT2D eigenvalue weighted by Crippen LogP contribution is -2.28. The van der Waals surface area contributed by atoms with Gasteiger partial charge in [-0.05, 0) is 25.1 Å². The molecule has 1 unspecified atom stereocenters. The Kier molecular flexibility index (Phi) is 2.44. The highest BCUT2D eigenvalue weighted by Crippen LogP contribution is 2.27. The second-order valence-corrected chi connectivity index (χ2v) is 3.95. The van der Waals surface area contributed by atoms with Crippen molar-refractivity contribution < 1.29 is 9.90 Å². The van der Waals surface area contributed by atoms with Gasteiger partial charge >= 0.3 is 0 Å². The maximum Gasteiger partial charge on any atom is 0.195 e. The number of Topliss-reactive ketones (excluding diaryl/α,β-unsaturated/α-hetero) is 1. The van der Waals surface area contributed by atoms with E-state index in [2.05, 4.69) is 0 Å². The van der Waals surface area contributed by atoms with Crippen molar-refractivity contribution in [1.82, 2.24) is 4.57 Å². The number of phenolic OH excluding ortho intramolecular Hbond substituents is 1. The fraction of sp³-hybridized carbons (Fsp3) is 0.250. The molecule has 2 rings (SSSR count). The van der Waals surface area contributed by atoms with Crippen LogP contribution in [0, 0.1) is 0 Å². The normalized spacial score (nSPS) is 12.9. The first kappa shape index (κ1) is 10.7. The number of carbonyl (C=O) groups excluding carboxylic acids is 1. The second kappa shape index (κ2) is 3.64. The Morgan fingerprint density at radius 2 is 2.19 bits per heavy atom. The second-order valence-electron chi connectivity index (χ2n) is 3.95. The van der Waals surface area contributed by atoms with E-state index < -0.39 is 6.04 Å². The van der Waals surface area contributed by atoms with Gasteiger partial charge in [0.05, 0.1) is 17.3 Å². The van der Waals surface area contributed by atoms with Gasteiger partial charge in [0.15, 0.2) is 5.78 Å². The van der Waals surface area contributed by atoms with E-state index in [4.69, 9.17) is 5.73 Å². The first-order valence-electron chi connectivity index (χ1n) is 5.09. The van der Waals surface area contributed by atoms with Gasteiger partial charge in [-0.1, -0.05) is 6.07 Å². The molecule has 0 radical (unpaired) electrons. The summed E-state index contributed by atoms with van der Waals surface area (Å²) in [6, 6.07) is 6.34. The highest BCUT2D eigenvalue weighted by Gasteiger charge is 2.17. The molecule has 4 nitrogen and oxygen atoms in total. The molecule has 0 fully saturated rings. The fourth-order valence-corrected chi connectivity index (χ4v) is 1.81. The molecule has 2 aromatic rings. The van der Waals surface area contributed by atoms with Crippen LogP contribution in [0.15, 0.2) is 24.3 Å². The Hall–Kier alpha value is -1.81. The Bertz CT molecular complexity index is 555. The van der Waals surface area contributed by atoms with Crippen molar-refractivity contribution in [2.75, 3.05) is 0 Å². The average molecular weight is 218 g/mol. The summed E-state index contributed by atoms with van der Waals surface area (Å²) in [6.07, 6.45) is 0. The van der Waals surface area contributed by atoms with Crippen molar-refractivity contribution in [3.8, 4) is 5.75 Å². The van der Waals surface area contributed by atoms with Crippen molar-refractivity contribution in [2.24, 2.45) is 12.8 Å². The molecule has 0 spiro atoms. The van der Waals surface area contributed by atoms with Gasteiger partial charge in [0.1, 0.15) is 5.75 Å². The summed E-state index contributed by atoms with van der Waals surface area (Å²) in [5.41, 5.74) is 6.91. The van der Waals surface area contributed by atoms with Gasteiger partial charge in [-0.15, -0.1) is 0 Å². The van der Waals surface area contributed by atoms with Crippen molar-refractivity contribution in [3.05, 3.63) is 30.0 Å². The van der Waals surface area contributed by atoms with Gasteiger partial charge in [-0.2, -0.15) is 0 Å². The van der Waals surface area contributed by atoms with Gasteiger partial charge < -0.3 is 15.4 Å². The number of nitrogens with two attached hydrogens (primary N) is 1. The number of nitrogens with zero attached hydrogens (tertiary/aromatic N) is 1. The number of fused-ring (bicyclic) bond motifs is 1. The molecule has 4 heteroatoms. The van der Waals surface area contributed by atoms with E-state index >= 15 is 0 Å². The van der Waals surface area contributed by atoms with Crippen molar-refractivity contribution in [1.29, 1.82) is 0 Å². The highest BCUT2D eigenvalue weighted by molar-refractivity contribution is 6.03. The van der Waals surface area contributed by atoms with Gasteiger partial charge in [0.2, 0.25) is 0 Å². The third-order valence-electron chi connectivity index (χ3n) is 2.73. The molecule has 0 saturated heterocycles. The maximum atomic E-state index is 11.8. The third kappa shape index (κ3) is 1.47. The van der Waals surface area contributed by atoms with E-state index in [0.717, 1.165) is 5.52 Å². The molecule has 1 aromatic heterocycles. The van der Waals surface area contributed by atoms with Gasteiger partial charge in [0, 0.05) is 12.4 Å². The molecule has 3 N–H and O–H groups in total.